The summed E-state index contributed by atoms with van der Waals surface area (Å²) in [4.78, 5) is 24.0. The van der Waals surface area contributed by atoms with E-state index in [1.165, 1.54) is 4.90 Å². The number of imide groups is 1. The third-order valence-corrected chi connectivity index (χ3v) is 2.48. The Morgan fingerprint density at radius 3 is 2.75 bits per heavy atom. The van der Waals surface area contributed by atoms with Crippen LogP contribution in [0.5, 0.6) is 0 Å². The molecule has 1 aromatic heterocycles. The molecule has 3 amide bonds. The molecule has 1 aliphatic heterocycles. The molecule has 0 aromatic carbocycles. The summed E-state index contributed by atoms with van der Waals surface area (Å²) < 4.78 is 1.78. The molecule has 0 spiro atoms. The van der Waals surface area contributed by atoms with Crippen molar-refractivity contribution in [1.82, 2.24) is 15.1 Å². The largest absolute Gasteiger partial charge is 0.328 e. The van der Waals surface area contributed by atoms with Gasteiger partial charge in [-0.05, 0) is 13.8 Å². The molecule has 86 valence electrons. The Hall–Kier alpha value is -1.85. The topological polar surface area (TPSA) is 67.2 Å². The molecule has 0 aliphatic carbocycles. The second-order valence-corrected chi connectivity index (χ2v) is 4.03. The summed E-state index contributed by atoms with van der Waals surface area (Å²) >= 11 is 0. The van der Waals surface area contributed by atoms with Crippen molar-refractivity contribution in [3.63, 3.8) is 0 Å². The summed E-state index contributed by atoms with van der Waals surface area (Å²) in [6.07, 6.45) is 3.77. The highest BCUT2D eigenvalue weighted by atomic mass is 16.2. The fraction of sp³-hybridized carbons (Fsp3) is 0.500. The van der Waals surface area contributed by atoms with E-state index in [1.54, 1.807) is 17.1 Å². The summed E-state index contributed by atoms with van der Waals surface area (Å²) in [7, 11) is 0. The van der Waals surface area contributed by atoms with Gasteiger partial charge < -0.3 is 0 Å². The molecule has 1 N–H and O–H groups in total. The number of nitrogens with one attached hydrogen (secondary N) is 1. The SMILES string of the molecule is CC(C)n1cc(N2CCC(=O)NC2=O)cn1. The van der Waals surface area contributed by atoms with Gasteiger partial charge in [-0.15, -0.1) is 0 Å². The number of hydrogen-bond donors (Lipinski definition) is 1. The molecule has 1 fully saturated rings. The van der Waals surface area contributed by atoms with E-state index in [9.17, 15) is 9.59 Å². The number of carbonyl (C=O) groups excluding carboxylic acids is 2. The van der Waals surface area contributed by atoms with Crippen molar-refractivity contribution < 1.29 is 9.59 Å². The lowest BCUT2D eigenvalue weighted by atomic mass is 10.3. The van der Waals surface area contributed by atoms with Crippen LogP contribution in [0.3, 0.4) is 0 Å². The lowest BCUT2D eigenvalue weighted by molar-refractivity contribution is -0.120. The molecule has 0 atom stereocenters. The summed E-state index contributed by atoms with van der Waals surface area (Å²) in [5.74, 6) is -0.225. The second kappa shape index (κ2) is 3.96. The van der Waals surface area contributed by atoms with Gasteiger partial charge in [-0.2, -0.15) is 5.10 Å². The van der Waals surface area contributed by atoms with Gasteiger partial charge in [-0.1, -0.05) is 0 Å². The summed E-state index contributed by atoms with van der Waals surface area (Å²) in [5.41, 5.74) is 0.721. The Bertz CT molecular complexity index is 424. The van der Waals surface area contributed by atoms with E-state index in [0.717, 1.165) is 5.69 Å². The predicted molar refractivity (Wildman–Crippen MR) is 58.1 cm³/mol. The standard InChI is InChI=1S/C10H14N4O2/c1-7(2)14-6-8(5-11-14)13-4-3-9(15)12-10(13)16/h5-7H,3-4H2,1-2H3,(H,12,15,16). The van der Waals surface area contributed by atoms with Crippen LogP contribution in [-0.2, 0) is 4.79 Å². The van der Waals surface area contributed by atoms with Crippen molar-refractivity contribution in [2.24, 2.45) is 0 Å². The van der Waals surface area contributed by atoms with Gasteiger partial charge in [-0.3, -0.25) is 19.7 Å². The van der Waals surface area contributed by atoms with Gasteiger partial charge in [-0.25, -0.2) is 4.79 Å². The molecular formula is C10H14N4O2. The fourth-order valence-electron chi connectivity index (χ4n) is 1.56. The average molecular weight is 222 g/mol. The number of aromatic nitrogens is 2. The number of amides is 3. The minimum absolute atomic E-state index is 0.225. The van der Waals surface area contributed by atoms with E-state index >= 15 is 0 Å². The van der Waals surface area contributed by atoms with Crippen molar-refractivity contribution in [3.05, 3.63) is 12.4 Å². The first-order valence-electron chi connectivity index (χ1n) is 5.23. The minimum atomic E-state index is -0.375. The first-order valence-corrected chi connectivity index (χ1v) is 5.23. The van der Waals surface area contributed by atoms with E-state index in [0.29, 0.717) is 13.0 Å². The van der Waals surface area contributed by atoms with Crippen molar-refractivity contribution in [2.45, 2.75) is 26.3 Å². The van der Waals surface area contributed by atoms with Crippen LogP contribution in [0.15, 0.2) is 12.4 Å². The molecule has 0 saturated carbocycles. The predicted octanol–water partition coefficient (Wildman–Crippen LogP) is 0.910. The highest BCUT2D eigenvalue weighted by molar-refractivity contribution is 6.05. The zero-order valence-corrected chi connectivity index (χ0v) is 9.30. The third-order valence-electron chi connectivity index (χ3n) is 2.48. The summed E-state index contributed by atoms with van der Waals surface area (Å²) in [6, 6.07) is -0.122. The van der Waals surface area contributed by atoms with E-state index in [-0.39, 0.29) is 18.0 Å². The number of urea groups is 1. The van der Waals surface area contributed by atoms with Gasteiger partial charge in [0.05, 0.1) is 11.9 Å². The summed E-state index contributed by atoms with van der Waals surface area (Å²) in [6.45, 7) is 4.43. The van der Waals surface area contributed by atoms with E-state index in [1.807, 2.05) is 13.8 Å². The Balaban J connectivity index is 2.17. The molecule has 6 nitrogen and oxygen atoms in total. The number of nitrogens with zero attached hydrogens (tertiary/aromatic N) is 3. The lowest BCUT2D eigenvalue weighted by Crippen LogP contribution is -2.49. The van der Waals surface area contributed by atoms with Crippen molar-refractivity contribution in [1.29, 1.82) is 0 Å². The van der Waals surface area contributed by atoms with Gasteiger partial charge in [0.15, 0.2) is 0 Å². The molecular weight excluding hydrogens is 208 g/mol. The third kappa shape index (κ3) is 1.91. The maximum absolute atomic E-state index is 11.5. The smallest absolute Gasteiger partial charge is 0.290 e. The zero-order valence-electron chi connectivity index (χ0n) is 9.30. The first kappa shape index (κ1) is 10.7. The molecule has 16 heavy (non-hydrogen) atoms. The van der Waals surface area contributed by atoms with Gasteiger partial charge in [0.1, 0.15) is 0 Å². The molecule has 0 radical (unpaired) electrons. The Kier molecular flexibility index (Phi) is 2.64. The van der Waals surface area contributed by atoms with Crippen LogP contribution in [0.1, 0.15) is 26.3 Å². The van der Waals surface area contributed by atoms with Crippen LogP contribution in [0, 0.1) is 0 Å². The van der Waals surface area contributed by atoms with Crippen molar-refractivity contribution in [2.75, 3.05) is 11.4 Å². The van der Waals surface area contributed by atoms with Crippen LogP contribution in [-0.4, -0.2) is 28.3 Å². The van der Waals surface area contributed by atoms with E-state index < -0.39 is 0 Å². The molecule has 1 aromatic rings. The number of anilines is 1. The highest BCUT2D eigenvalue weighted by Gasteiger charge is 2.25. The maximum atomic E-state index is 11.5. The minimum Gasteiger partial charge on any atom is -0.290 e. The van der Waals surface area contributed by atoms with Crippen LogP contribution >= 0.6 is 0 Å². The molecule has 6 heteroatoms. The van der Waals surface area contributed by atoms with Crippen LogP contribution in [0.25, 0.3) is 0 Å². The number of hydrogen-bond acceptors (Lipinski definition) is 3. The van der Waals surface area contributed by atoms with Gasteiger partial charge in [0, 0.05) is 25.2 Å². The lowest BCUT2D eigenvalue weighted by Gasteiger charge is -2.24. The van der Waals surface area contributed by atoms with Gasteiger partial charge >= 0.3 is 6.03 Å². The van der Waals surface area contributed by atoms with E-state index in [4.69, 9.17) is 0 Å². The summed E-state index contributed by atoms with van der Waals surface area (Å²) in [5, 5.41) is 6.43. The van der Waals surface area contributed by atoms with Crippen molar-refractivity contribution in [3.8, 4) is 0 Å². The molecule has 2 rings (SSSR count). The Morgan fingerprint density at radius 1 is 1.44 bits per heavy atom. The average Bonchev–Trinajstić information content (AvgIpc) is 2.66. The van der Waals surface area contributed by atoms with Crippen molar-refractivity contribution >= 4 is 17.6 Å². The zero-order chi connectivity index (χ0) is 11.7. The number of carbonyl (C=O) groups is 2. The monoisotopic (exact) mass is 222 g/mol. The first-order chi connectivity index (χ1) is 7.58. The van der Waals surface area contributed by atoms with Crippen LogP contribution < -0.4 is 10.2 Å². The van der Waals surface area contributed by atoms with Gasteiger partial charge in [0.2, 0.25) is 5.91 Å². The Labute approximate surface area is 93.2 Å². The fourth-order valence-corrected chi connectivity index (χ4v) is 1.56. The molecule has 0 unspecified atom stereocenters. The van der Waals surface area contributed by atoms with E-state index in [2.05, 4.69) is 10.4 Å². The second-order valence-electron chi connectivity index (χ2n) is 4.03. The Morgan fingerprint density at radius 2 is 2.19 bits per heavy atom. The molecule has 1 saturated heterocycles. The number of rotatable bonds is 2. The van der Waals surface area contributed by atoms with Crippen LogP contribution in [0.4, 0.5) is 10.5 Å². The molecule has 2 heterocycles. The van der Waals surface area contributed by atoms with Crippen LogP contribution in [0.2, 0.25) is 0 Å². The normalized spacial score (nSPS) is 16.8. The van der Waals surface area contributed by atoms with Gasteiger partial charge in [0.25, 0.3) is 0 Å². The molecule has 0 bridgehead atoms. The molecule has 1 aliphatic rings. The highest BCUT2D eigenvalue weighted by Crippen LogP contribution is 2.17. The quantitative estimate of drug-likeness (QED) is 0.808. The maximum Gasteiger partial charge on any atom is 0.328 e.